The predicted molar refractivity (Wildman–Crippen MR) is 152 cm³/mol. The molecule has 0 atom stereocenters. The monoisotopic (exact) mass is 527 g/mol. The lowest BCUT2D eigenvalue weighted by atomic mass is 9.89. The van der Waals surface area contributed by atoms with E-state index in [0.717, 1.165) is 73.8 Å². The fourth-order valence-electron chi connectivity index (χ4n) is 5.51. The Labute approximate surface area is 227 Å². The number of piperazine rings is 1. The molecule has 38 heavy (non-hydrogen) atoms. The third-order valence-electron chi connectivity index (χ3n) is 7.76. The standard InChI is InChI=1S/C29H33N7OS/c1-34-13-15-35(16-14-34)24-9-7-23(8-10-24)32-28(37)22-19-30-26(31-20-22)12-11-25-27(21-5-3-2-4-6-21)33-29-36(25)17-18-38-29/h2-6,11-12,17-20,23-24H,7-10,13-16H2,1H3,(H,32,37). The molecule has 1 aliphatic carbocycles. The second-order valence-electron chi connectivity index (χ2n) is 10.2. The first-order valence-corrected chi connectivity index (χ1v) is 14.3. The van der Waals surface area contributed by atoms with Gasteiger partial charge in [-0.05, 0) is 44.9 Å². The first-order chi connectivity index (χ1) is 18.6. The van der Waals surface area contributed by atoms with Crippen molar-refractivity contribution < 1.29 is 4.79 Å². The number of carbonyl (C=O) groups excluding carboxylic acids is 1. The van der Waals surface area contributed by atoms with Gasteiger partial charge in [-0.3, -0.25) is 14.1 Å². The molecule has 196 valence electrons. The first kappa shape index (κ1) is 24.9. The number of benzene rings is 1. The van der Waals surface area contributed by atoms with Crippen LogP contribution in [-0.4, -0.2) is 80.4 Å². The Kier molecular flexibility index (Phi) is 7.31. The summed E-state index contributed by atoms with van der Waals surface area (Å²) in [6.45, 7) is 4.61. The Morgan fingerprint density at radius 2 is 1.74 bits per heavy atom. The molecule has 1 aliphatic heterocycles. The van der Waals surface area contributed by atoms with Gasteiger partial charge in [0.15, 0.2) is 10.8 Å². The number of fused-ring (bicyclic) bond motifs is 1. The molecule has 0 spiro atoms. The summed E-state index contributed by atoms with van der Waals surface area (Å²) in [6.07, 6.45) is 13.5. The summed E-state index contributed by atoms with van der Waals surface area (Å²) in [5, 5.41) is 5.23. The van der Waals surface area contributed by atoms with Crippen molar-refractivity contribution in [3.8, 4) is 11.3 Å². The summed E-state index contributed by atoms with van der Waals surface area (Å²) >= 11 is 1.60. The Hall–Kier alpha value is -3.40. The number of thiazole rings is 1. The lowest BCUT2D eigenvalue weighted by Crippen LogP contribution is -2.51. The van der Waals surface area contributed by atoms with Gasteiger partial charge < -0.3 is 10.2 Å². The number of nitrogens with one attached hydrogen (secondary N) is 1. The molecule has 8 nitrogen and oxygen atoms in total. The van der Waals surface area contributed by atoms with Gasteiger partial charge in [-0.15, -0.1) is 11.3 Å². The largest absolute Gasteiger partial charge is 0.349 e. The van der Waals surface area contributed by atoms with Crippen LogP contribution in [0.1, 0.15) is 47.6 Å². The van der Waals surface area contributed by atoms with E-state index in [-0.39, 0.29) is 11.9 Å². The van der Waals surface area contributed by atoms with E-state index in [1.54, 1.807) is 23.7 Å². The van der Waals surface area contributed by atoms with Gasteiger partial charge >= 0.3 is 0 Å². The molecule has 0 bridgehead atoms. The van der Waals surface area contributed by atoms with Gasteiger partial charge in [0.1, 0.15) is 0 Å². The van der Waals surface area contributed by atoms with Gasteiger partial charge in [-0.1, -0.05) is 30.3 Å². The first-order valence-electron chi connectivity index (χ1n) is 13.4. The molecule has 1 saturated carbocycles. The van der Waals surface area contributed by atoms with Crippen LogP contribution in [0.4, 0.5) is 0 Å². The topological polar surface area (TPSA) is 78.7 Å². The Bertz CT molecular complexity index is 1400. The van der Waals surface area contributed by atoms with Crippen LogP contribution in [0, 0.1) is 0 Å². The number of aromatic nitrogens is 4. The number of rotatable bonds is 6. The van der Waals surface area contributed by atoms with Crippen LogP contribution in [0.5, 0.6) is 0 Å². The van der Waals surface area contributed by atoms with Gasteiger partial charge in [0.05, 0.1) is 17.0 Å². The molecular weight excluding hydrogens is 494 g/mol. The Morgan fingerprint density at radius 3 is 2.47 bits per heavy atom. The second-order valence-corrected chi connectivity index (χ2v) is 11.1. The van der Waals surface area contributed by atoms with Crippen molar-refractivity contribution in [1.82, 2.24) is 34.5 Å². The van der Waals surface area contributed by atoms with E-state index in [1.807, 2.05) is 41.9 Å². The van der Waals surface area contributed by atoms with Gasteiger partial charge in [0, 0.05) is 67.8 Å². The number of hydrogen-bond acceptors (Lipinski definition) is 7. The lowest BCUT2D eigenvalue weighted by Gasteiger charge is -2.41. The minimum absolute atomic E-state index is 0.0919. The molecule has 6 rings (SSSR count). The molecule has 2 fully saturated rings. The zero-order valence-electron chi connectivity index (χ0n) is 21.7. The van der Waals surface area contributed by atoms with Gasteiger partial charge in [0.2, 0.25) is 0 Å². The van der Waals surface area contributed by atoms with Crippen LogP contribution in [0.2, 0.25) is 0 Å². The highest BCUT2D eigenvalue weighted by Crippen LogP contribution is 2.28. The van der Waals surface area contributed by atoms with E-state index < -0.39 is 0 Å². The summed E-state index contributed by atoms with van der Waals surface area (Å²) in [4.78, 5) is 32.5. The van der Waals surface area contributed by atoms with E-state index in [4.69, 9.17) is 4.98 Å². The minimum atomic E-state index is -0.0919. The van der Waals surface area contributed by atoms with Gasteiger partial charge in [-0.2, -0.15) is 0 Å². The summed E-state index contributed by atoms with van der Waals surface area (Å²) in [6, 6.07) is 11.0. The molecule has 3 aromatic heterocycles. The molecule has 1 amide bonds. The maximum Gasteiger partial charge on any atom is 0.254 e. The highest BCUT2D eigenvalue weighted by atomic mass is 32.1. The summed E-state index contributed by atoms with van der Waals surface area (Å²) in [7, 11) is 2.19. The SMILES string of the molecule is CN1CCN(C2CCC(NC(=O)c3cnc(C=Cc4c(-c5ccccc5)nc5sccn45)nc3)CC2)CC1. The average Bonchev–Trinajstić information content (AvgIpc) is 3.56. The fraction of sp³-hybridized carbons (Fsp3) is 0.379. The molecule has 4 aromatic rings. The van der Waals surface area contributed by atoms with Crippen LogP contribution in [0.3, 0.4) is 0 Å². The van der Waals surface area contributed by atoms with Crippen molar-refractivity contribution in [1.29, 1.82) is 0 Å². The van der Waals surface area contributed by atoms with Crippen LogP contribution in [0.25, 0.3) is 28.4 Å². The highest BCUT2D eigenvalue weighted by molar-refractivity contribution is 7.15. The Morgan fingerprint density at radius 1 is 1.00 bits per heavy atom. The number of carbonyl (C=O) groups is 1. The van der Waals surface area contributed by atoms with Crippen molar-refractivity contribution in [2.24, 2.45) is 0 Å². The van der Waals surface area contributed by atoms with E-state index in [2.05, 4.69) is 48.7 Å². The van der Waals surface area contributed by atoms with Crippen molar-refractivity contribution >= 4 is 34.4 Å². The summed E-state index contributed by atoms with van der Waals surface area (Å²) in [5.41, 5.74) is 3.46. The van der Waals surface area contributed by atoms with Gasteiger partial charge in [0.25, 0.3) is 5.91 Å². The predicted octanol–water partition coefficient (Wildman–Crippen LogP) is 4.31. The van der Waals surface area contributed by atoms with Crippen molar-refractivity contribution in [2.75, 3.05) is 33.2 Å². The normalized spacial score (nSPS) is 21.3. The molecule has 0 radical (unpaired) electrons. The molecule has 2 aliphatic rings. The summed E-state index contributed by atoms with van der Waals surface area (Å²) in [5.74, 6) is 0.462. The number of imidazole rings is 1. The highest BCUT2D eigenvalue weighted by Gasteiger charge is 2.28. The third kappa shape index (κ3) is 5.41. The van der Waals surface area contributed by atoms with Crippen LogP contribution >= 0.6 is 11.3 Å². The van der Waals surface area contributed by atoms with Crippen LogP contribution in [-0.2, 0) is 0 Å². The number of likely N-dealkylation sites (N-methyl/N-ethyl adjacent to an activating group) is 1. The smallest absolute Gasteiger partial charge is 0.254 e. The second kappa shape index (κ2) is 11.1. The van der Waals surface area contributed by atoms with E-state index >= 15 is 0 Å². The molecule has 1 aromatic carbocycles. The molecule has 1 saturated heterocycles. The number of amides is 1. The van der Waals surface area contributed by atoms with Crippen LogP contribution in [0.15, 0.2) is 54.3 Å². The minimum Gasteiger partial charge on any atom is -0.349 e. The third-order valence-corrected chi connectivity index (χ3v) is 8.51. The van der Waals surface area contributed by atoms with E-state index in [1.165, 1.54) is 0 Å². The molecule has 0 unspecified atom stereocenters. The average molecular weight is 528 g/mol. The lowest BCUT2D eigenvalue weighted by molar-refractivity contribution is 0.0790. The molecule has 1 N–H and O–H groups in total. The van der Waals surface area contributed by atoms with Crippen molar-refractivity contribution in [2.45, 2.75) is 37.8 Å². The Balaban J connectivity index is 1.07. The zero-order valence-corrected chi connectivity index (χ0v) is 22.5. The van der Waals surface area contributed by atoms with Crippen molar-refractivity contribution in [3.05, 3.63) is 71.4 Å². The molecule has 4 heterocycles. The van der Waals surface area contributed by atoms with E-state index in [9.17, 15) is 4.79 Å². The van der Waals surface area contributed by atoms with Crippen molar-refractivity contribution in [3.63, 3.8) is 0 Å². The quantitative estimate of drug-likeness (QED) is 0.403. The maximum absolute atomic E-state index is 12.9. The number of hydrogen-bond donors (Lipinski definition) is 1. The molecule has 9 heteroatoms. The van der Waals surface area contributed by atoms with E-state index in [0.29, 0.717) is 17.4 Å². The molecular formula is C29H33N7OS. The maximum atomic E-state index is 12.9. The zero-order chi connectivity index (χ0) is 25.9. The van der Waals surface area contributed by atoms with Gasteiger partial charge in [-0.25, -0.2) is 15.0 Å². The number of nitrogens with zero attached hydrogens (tertiary/aromatic N) is 6. The summed E-state index contributed by atoms with van der Waals surface area (Å²) < 4.78 is 2.07. The van der Waals surface area contributed by atoms with Crippen LogP contribution < -0.4 is 5.32 Å². The fourth-order valence-corrected chi connectivity index (χ4v) is 6.23.